The second kappa shape index (κ2) is 10.4. The average Bonchev–Trinajstić information content (AvgIpc) is 2.20. The molecule has 0 aromatic carbocycles. The minimum Gasteiger partial charge on any atom is -0.375 e. The van der Waals surface area contributed by atoms with Crippen LogP contribution in [0.3, 0.4) is 0 Å². The van der Waals surface area contributed by atoms with Gasteiger partial charge < -0.3 is 10.1 Å². The highest BCUT2D eigenvalue weighted by Crippen LogP contribution is 2.03. The largest absolute Gasteiger partial charge is 0.375 e. The molecule has 0 aliphatic carbocycles. The maximum atomic E-state index is 5.70. The van der Waals surface area contributed by atoms with Gasteiger partial charge in [0.25, 0.3) is 0 Å². The van der Waals surface area contributed by atoms with E-state index in [2.05, 4.69) is 33.1 Å². The van der Waals surface area contributed by atoms with Gasteiger partial charge in [-0.3, -0.25) is 0 Å². The van der Waals surface area contributed by atoms with Gasteiger partial charge in [0.05, 0.1) is 13.7 Å². The lowest BCUT2D eigenvalue weighted by molar-refractivity contribution is -0.667. The summed E-state index contributed by atoms with van der Waals surface area (Å²) in [6.07, 6.45) is 6.45. The Morgan fingerprint density at radius 2 is 1.87 bits per heavy atom. The van der Waals surface area contributed by atoms with E-state index in [1.165, 1.54) is 32.1 Å². The summed E-state index contributed by atoms with van der Waals surface area (Å²) in [7, 11) is 2.15. The van der Waals surface area contributed by atoms with E-state index in [0.717, 1.165) is 19.1 Å². The Morgan fingerprint density at radius 1 is 1.13 bits per heavy atom. The Hall–Kier alpha value is -0.0800. The highest BCUT2D eigenvalue weighted by Gasteiger charge is 2.11. The van der Waals surface area contributed by atoms with Gasteiger partial charge in [0.15, 0.2) is 0 Å². The number of rotatable bonds is 10. The molecule has 0 bridgehead atoms. The quantitative estimate of drug-likeness (QED) is 0.557. The summed E-state index contributed by atoms with van der Waals surface area (Å²) < 4.78 is 5.70. The Bertz CT molecular complexity index is 126. The molecule has 2 N–H and O–H groups in total. The molecule has 0 aromatic rings. The standard InChI is InChI=1S/C13H29NO/c1-5-6-7-8-9-15-11-13(14-4)10-12(2)3/h12-14H,5-11H2,1-4H3/p+1/t13-/m1/s1. The third kappa shape index (κ3) is 10.2. The van der Waals surface area contributed by atoms with Gasteiger partial charge in [0.2, 0.25) is 0 Å². The topological polar surface area (TPSA) is 25.8 Å². The van der Waals surface area contributed by atoms with Gasteiger partial charge in [-0.15, -0.1) is 0 Å². The van der Waals surface area contributed by atoms with Gasteiger partial charge >= 0.3 is 0 Å². The van der Waals surface area contributed by atoms with Crippen LogP contribution in [-0.2, 0) is 4.74 Å². The Kier molecular flexibility index (Phi) is 10.4. The molecule has 0 heterocycles. The lowest BCUT2D eigenvalue weighted by Gasteiger charge is -2.15. The number of hydrogen-bond donors (Lipinski definition) is 1. The molecule has 0 aliphatic rings. The number of likely N-dealkylation sites (N-methyl/N-ethyl adjacent to an activating group) is 1. The van der Waals surface area contributed by atoms with E-state index in [-0.39, 0.29) is 0 Å². The molecule has 1 atom stereocenters. The van der Waals surface area contributed by atoms with Crippen LogP contribution in [-0.4, -0.2) is 26.3 Å². The maximum Gasteiger partial charge on any atom is 0.110 e. The molecule has 92 valence electrons. The molecule has 0 radical (unpaired) electrons. The molecule has 0 unspecified atom stereocenters. The molecule has 0 spiro atoms. The fourth-order valence-electron chi connectivity index (χ4n) is 1.77. The Balaban J connectivity index is 3.30. The third-order valence-corrected chi connectivity index (χ3v) is 2.72. The zero-order chi connectivity index (χ0) is 11.5. The second-order valence-corrected chi connectivity index (χ2v) is 4.86. The molecule has 0 saturated heterocycles. The van der Waals surface area contributed by atoms with Crippen molar-refractivity contribution in [3.8, 4) is 0 Å². The van der Waals surface area contributed by atoms with Crippen molar-refractivity contribution in [2.45, 2.75) is 58.9 Å². The molecule has 0 fully saturated rings. The van der Waals surface area contributed by atoms with Gasteiger partial charge in [0, 0.05) is 13.0 Å². The molecule has 0 aromatic heterocycles. The van der Waals surface area contributed by atoms with Crippen molar-refractivity contribution in [2.24, 2.45) is 5.92 Å². The van der Waals surface area contributed by atoms with Gasteiger partial charge in [-0.2, -0.15) is 0 Å². The van der Waals surface area contributed by atoms with Crippen LogP contribution in [0.2, 0.25) is 0 Å². The van der Waals surface area contributed by atoms with Gasteiger partial charge in [-0.1, -0.05) is 40.0 Å². The van der Waals surface area contributed by atoms with Crippen LogP contribution in [0.1, 0.15) is 52.9 Å². The highest BCUT2D eigenvalue weighted by atomic mass is 16.5. The molecule has 2 heteroatoms. The average molecular weight is 216 g/mol. The lowest BCUT2D eigenvalue weighted by Crippen LogP contribution is -2.87. The van der Waals surface area contributed by atoms with Crippen molar-refractivity contribution in [3.63, 3.8) is 0 Å². The van der Waals surface area contributed by atoms with Gasteiger partial charge in [0.1, 0.15) is 6.04 Å². The molecule has 0 aliphatic heterocycles. The predicted octanol–water partition coefficient (Wildman–Crippen LogP) is 2.19. The highest BCUT2D eigenvalue weighted by molar-refractivity contribution is 4.56. The van der Waals surface area contributed by atoms with E-state index in [1.54, 1.807) is 0 Å². The summed E-state index contributed by atoms with van der Waals surface area (Å²) >= 11 is 0. The molecule has 0 saturated carbocycles. The molecule has 0 rings (SSSR count). The maximum absolute atomic E-state index is 5.70. The Labute approximate surface area is 95.8 Å². The smallest absolute Gasteiger partial charge is 0.110 e. The third-order valence-electron chi connectivity index (χ3n) is 2.72. The number of unbranched alkanes of at least 4 members (excludes halogenated alkanes) is 3. The Morgan fingerprint density at radius 3 is 2.40 bits per heavy atom. The van der Waals surface area contributed by atoms with Gasteiger partial charge in [-0.25, -0.2) is 0 Å². The first kappa shape index (κ1) is 14.9. The fraction of sp³-hybridized carbons (Fsp3) is 1.00. The normalized spacial score (nSPS) is 13.4. The number of quaternary nitrogens is 1. The number of ether oxygens (including phenoxy) is 1. The minimum atomic E-state index is 0.649. The van der Waals surface area contributed by atoms with Gasteiger partial charge in [-0.05, 0) is 12.3 Å². The first-order chi connectivity index (χ1) is 7.20. The fourth-order valence-corrected chi connectivity index (χ4v) is 1.77. The van der Waals surface area contributed by atoms with E-state index in [9.17, 15) is 0 Å². The summed E-state index contributed by atoms with van der Waals surface area (Å²) in [6, 6.07) is 0.649. The van der Waals surface area contributed by atoms with Crippen LogP contribution >= 0.6 is 0 Å². The SMILES string of the molecule is CCCCCCOC[C@@H](CC(C)C)[NH2+]C. The van der Waals surface area contributed by atoms with Crippen molar-refractivity contribution in [3.05, 3.63) is 0 Å². The van der Waals surface area contributed by atoms with Crippen molar-refractivity contribution in [1.29, 1.82) is 0 Å². The predicted molar refractivity (Wildman–Crippen MR) is 66.1 cm³/mol. The number of nitrogens with two attached hydrogens (primary N) is 1. The summed E-state index contributed by atoms with van der Waals surface area (Å²) in [6.45, 7) is 8.66. The molecular formula is C13H30NO+. The first-order valence-electron chi connectivity index (χ1n) is 6.57. The summed E-state index contributed by atoms with van der Waals surface area (Å²) in [4.78, 5) is 0. The zero-order valence-corrected chi connectivity index (χ0v) is 11.1. The van der Waals surface area contributed by atoms with E-state index < -0.39 is 0 Å². The minimum absolute atomic E-state index is 0.649. The summed E-state index contributed by atoms with van der Waals surface area (Å²) in [5.74, 6) is 0.773. The molecule has 0 amide bonds. The van der Waals surface area contributed by atoms with Crippen LogP contribution in [0.25, 0.3) is 0 Å². The first-order valence-corrected chi connectivity index (χ1v) is 6.57. The molecular weight excluding hydrogens is 186 g/mol. The van der Waals surface area contributed by atoms with Crippen LogP contribution in [0, 0.1) is 5.92 Å². The summed E-state index contributed by atoms with van der Waals surface area (Å²) in [5, 5.41) is 2.28. The molecule has 2 nitrogen and oxygen atoms in total. The second-order valence-electron chi connectivity index (χ2n) is 4.86. The van der Waals surface area contributed by atoms with Crippen LogP contribution in [0.5, 0.6) is 0 Å². The van der Waals surface area contributed by atoms with E-state index >= 15 is 0 Å². The van der Waals surface area contributed by atoms with Crippen molar-refractivity contribution < 1.29 is 10.1 Å². The van der Waals surface area contributed by atoms with Crippen LogP contribution in [0.15, 0.2) is 0 Å². The zero-order valence-electron chi connectivity index (χ0n) is 11.1. The van der Waals surface area contributed by atoms with Crippen molar-refractivity contribution >= 4 is 0 Å². The lowest BCUT2D eigenvalue weighted by atomic mass is 10.0. The van der Waals surface area contributed by atoms with E-state index in [0.29, 0.717) is 6.04 Å². The van der Waals surface area contributed by atoms with Crippen molar-refractivity contribution in [1.82, 2.24) is 0 Å². The van der Waals surface area contributed by atoms with E-state index in [4.69, 9.17) is 4.74 Å². The summed E-state index contributed by atoms with van der Waals surface area (Å²) in [5.41, 5.74) is 0. The molecule has 15 heavy (non-hydrogen) atoms. The van der Waals surface area contributed by atoms with E-state index in [1.807, 2.05) is 0 Å². The van der Waals surface area contributed by atoms with Crippen LogP contribution in [0.4, 0.5) is 0 Å². The monoisotopic (exact) mass is 216 g/mol. The van der Waals surface area contributed by atoms with Crippen LogP contribution < -0.4 is 5.32 Å². The van der Waals surface area contributed by atoms with Crippen molar-refractivity contribution in [2.75, 3.05) is 20.3 Å². The number of hydrogen-bond acceptors (Lipinski definition) is 1.